The van der Waals surface area contributed by atoms with Gasteiger partial charge in [-0.25, -0.2) is 0 Å². The van der Waals surface area contributed by atoms with Crippen LogP contribution in [0.3, 0.4) is 0 Å². The highest BCUT2D eigenvalue weighted by atomic mass is 16.5. The van der Waals surface area contributed by atoms with Crippen molar-refractivity contribution in [2.45, 2.75) is 104 Å². The summed E-state index contributed by atoms with van der Waals surface area (Å²) in [6, 6.07) is 0. The maximum Gasteiger partial charge on any atom is 0.0655 e. The maximum absolute atomic E-state index is 6.06. The van der Waals surface area contributed by atoms with Crippen LogP contribution in [0.2, 0.25) is 0 Å². The quantitative estimate of drug-likeness (QED) is 0.633. The smallest absolute Gasteiger partial charge is 0.0655 e. The molecule has 0 unspecified atom stereocenters. The number of hydrogen-bond acceptors (Lipinski definition) is 3. The lowest BCUT2D eigenvalue weighted by atomic mass is 10.0. The van der Waals surface area contributed by atoms with Gasteiger partial charge < -0.3 is 14.2 Å². The van der Waals surface area contributed by atoms with Crippen molar-refractivity contribution in [3.8, 4) is 0 Å². The number of rotatable bonds is 8. The summed E-state index contributed by atoms with van der Waals surface area (Å²) in [6.45, 7) is 22.4. The number of hydrogen-bond donors (Lipinski definition) is 0. The summed E-state index contributed by atoms with van der Waals surface area (Å²) >= 11 is 0. The minimum Gasteiger partial charge on any atom is -0.376 e. The molecule has 128 valence electrons. The third-order valence-corrected chi connectivity index (χ3v) is 3.02. The Bertz CT molecular complexity index is 293. The van der Waals surface area contributed by atoms with Gasteiger partial charge in [-0.05, 0) is 82.1 Å². The molecule has 0 N–H and O–H groups in total. The van der Waals surface area contributed by atoms with Crippen molar-refractivity contribution in [2.24, 2.45) is 0 Å². The van der Waals surface area contributed by atoms with Crippen molar-refractivity contribution in [1.82, 2.24) is 0 Å². The van der Waals surface area contributed by atoms with E-state index in [-0.39, 0.29) is 22.4 Å². The summed E-state index contributed by atoms with van der Waals surface area (Å²) < 4.78 is 17.9. The van der Waals surface area contributed by atoms with Gasteiger partial charge in [0.1, 0.15) is 0 Å². The third kappa shape index (κ3) is 13.3. The van der Waals surface area contributed by atoms with Gasteiger partial charge in [0.05, 0.1) is 29.0 Å². The minimum atomic E-state index is -0.170. The van der Waals surface area contributed by atoms with Gasteiger partial charge in [0.15, 0.2) is 0 Å². The fourth-order valence-corrected chi connectivity index (χ4v) is 2.13. The molecule has 3 nitrogen and oxygen atoms in total. The highest BCUT2D eigenvalue weighted by Crippen LogP contribution is 2.24. The Kier molecular flexibility index (Phi) is 7.39. The predicted octanol–water partition coefficient (Wildman–Crippen LogP) is 4.97. The van der Waals surface area contributed by atoms with Crippen molar-refractivity contribution in [2.75, 3.05) is 13.2 Å². The van der Waals surface area contributed by atoms with Gasteiger partial charge in [0, 0.05) is 6.61 Å². The van der Waals surface area contributed by atoms with Crippen LogP contribution in [0, 0.1) is 0 Å². The third-order valence-electron chi connectivity index (χ3n) is 3.02. The van der Waals surface area contributed by atoms with Crippen LogP contribution < -0.4 is 0 Å². The van der Waals surface area contributed by atoms with E-state index in [1.54, 1.807) is 0 Å². The molecule has 0 aliphatic heterocycles. The van der Waals surface area contributed by atoms with Crippen LogP contribution in [-0.2, 0) is 14.2 Å². The van der Waals surface area contributed by atoms with Crippen LogP contribution >= 0.6 is 0 Å². The van der Waals surface area contributed by atoms with Crippen LogP contribution in [0.4, 0.5) is 0 Å². The first-order valence-corrected chi connectivity index (χ1v) is 8.10. The Morgan fingerprint density at radius 3 is 1.38 bits per heavy atom. The molecule has 0 bridgehead atoms. The second-order valence-corrected chi connectivity index (χ2v) is 9.04. The van der Waals surface area contributed by atoms with Crippen LogP contribution in [0.25, 0.3) is 0 Å². The molecule has 0 aromatic rings. The lowest BCUT2D eigenvalue weighted by Gasteiger charge is -2.35. The van der Waals surface area contributed by atoms with Gasteiger partial charge in [-0.15, -0.1) is 0 Å². The molecule has 0 radical (unpaired) electrons. The van der Waals surface area contributed by atoms with E-state index in [1.165, 1.54) is 0 Å². The zero-order valence-corrected chi connectivity index (χ0v) is 16.1. The lowest BCUT2D eigenvalue weighted by Crippen LogP contribution is -2.37. The monoisotopic (exact) mass is 302 g/mol. The largest absolute Gasteiger partial charge is 0.376 e. The normalized spacial score (nSPS) is 14.6. The van der Waals surface area contributed by atoms with Gasteiger partial charge in [0.2, 0.25) is 0 Å². The van der Waals surface area contributed by atoms with Crippen LogP contribution in [-0.4, -0.2) is 35.6 Å². The summed E-state index contributed by atoms with van der Waals surface area (Å²) in [7, 11) is 0. The molecule has 0 saturated heterocycles. The summed E-state index contributed by atoms with van der Waals surface area (Å²) in [4.78, 5) is 0. The number of ether oxygens (including phenoxy) is 3. The van der Waals surface area contributed by atoms with Gasteiger partial charge in [-0.2, -0.15) is 0 Å². The summed E-state index contributed by atoms with van der Waals surface area (Å²) in [6.07, 6.45) is 1.78. The van der Waals surface area contributed by atoms with Crippen molar-refractivity contribution in [3.63, 3.8) is 0 Å². The standard InChI is InChI=1S/C18H38O3/c1-15(2,3)19-13-11-17(7,8)20-14-12-18(9,10)21-16(4,5)6/h11-14H2,1-10H3. The van der Waals surface area contributed by atoms with Crippen molar-refractivity contribution in [1.29, 1.82) is 0 Å². The molecule has 0 aliphatic rings. The maximum atomic E-state index is 6.06. The molecular formula is C18H38O3. The molecule has 0 spiro atoms. The SMILES string of the molecule is CC(C)(C)OCCC(C)(C)OCCC(C)(C)OC(C)(C)C. The Hall–Kier alpha value is -0.120. The van der Waals surface area contributed by atoms with Crippen LogP contribution in [0.5, 0.6) is 0 Å². The Labute approximate surface area is 132 Å². The minimum absolute atomic E-state index is 0.0847. The second-order valence-electron chi connectivity index (χ2n) is 9.04. The highest BCUT2D eigenvalue weighted by molar-refractivity contribution is 4.76. The van der Waals surface area contributed by atoms with E-state index in [9.17, 15) is 0 Å². The average Bonchev–Trinajstić information content (AvgIpc) is 2.08. The Balaban J connectivity index is 4.08. The molecule has 0 aliphatic carbocycles. The fraction of sp³-hybridized carbons (Fsp3) is 1.00. The van der Waals surface area contributed by atoms with Gasteiger partial charge in [0.25, 0.3) is 0 Å². The Morgan fingerprint density at radius 2 is 0.952 bits per heavy atom. The molecule has 0 aromatic carbocycles. The van der Waals surface area contributed by atoms with E-state index in [0.717, 1.165) is 19.4 Å². The molecule has 0 fully saturated rings. The zero-order valence-electron chi connectivity index (χ0n) is 16.1. The van der Waals surface area contributed by atoms with E-state index < -0.39 is 0 Å². The molecule has 0 rings (SSSR count). The first-order chi connectivity index (χ1) is 9.12. The first kappa shape index (κ1) is 20.9. The molecule has 3 heteroatoms. The average molecular weight is 302 g/mol. The summed E-state index contributed by atoms with van der Waals surface area (Å²) in [5.41, 5.74) is -0.544. The van der Waals surface area contributed by atoms with Gasteiger partial charge in [-0.3, -0.25) is 0 Å². The van der Waals surface area contributed by atoms with Crippen LogP contribution in [0.1, 0.15) is 82.1 Å². The van der Waals surface area contributed by atoms with Gasteiger partial charge >= 0.3 is 0 Å². The molecule has 0 atom stereocenters. The molecule has 0 aromatic heterocycles. The first-order valence-electron chi connectivity index (χ1n) is 8.10. The van der Waals surface area contributed by atoms with Crippen molar-refractivity contribution >= 4 is 0 Å². The van der Waals surface area contributed by atoms with Gasteiger partial charge in [-0.1, -0.05) is 0 Å². The molecule has 21 heavy (non-hydrogen) atoms. The summed E-state index contributed by atoms with van der Waals surface area (Å²) in [5.74, 6) is 0. The molecular weight excluding hydrogens is 264 g/mol. The van der Waals surface area contributed by atoms with E-state index in [4.69, 9.17) is 14.2 Å². The second kappa shape index (κ2) is 7.43. The van der Waals surface area contributed by atoms with Crippen LogP contribution in [0.15, 0.2) is 0 Å². The fourth-order valence-electron chi connectivity index (χ4n) is 2.13. The van der Waals surface area contributed by atoms with E-state index >= 15 is 0 Å². The summed E-state index contributed by atoms with van der Waals surface area (Å²) in [5, 5.41) is 0. The van der Waals surface area contributed by atoms with E-state index in [2.05, 4.69) is 69.2 Å². The zero-order chi connectivity index (χ0) is 16.9. The Morgan fingerprint density at radius 1 is 0.524 bits per heavy atom. The molecule has 0 heterocycles. The van der Waals surface area contributed by atoms with Crippen molar-refractivity contribution in [3.05, 3.63) is 0 Å². The van der Waals surface area contributed by atoms with Crippen molar-refractivity contribution < 1.29 is 14.2 Å². The van der Waals surface area contributed by atoms with E-state index in [0.29, 0.717) is 6.61 Å². The highest BCUT2D eigenvalue weighted by Gasteiger charge is 2.27. The topological polar surface area (TPSA) is 27.7 Å². The molecule has 0 saturated carbocycles. The predicted molar refractivity (Wildman–Crippen MR) is 89.9 cm³/mol. The lowest BCUT2D eigenvalue weighted by molar-refractivity contribution is -0.134. The van der Waals surface area contributed by atoms with E-state index in [1.807, 2.05) is 0 Å². The molecule has 0 amide bonds.